The highest BCUT2D eigenvalue weighted by Gasteiger charge is 2.62. The van der Waals surface area contributed by atoms with E-state index in [0.717, 1.165) is 11.1 Å². The molecule has 4 rings (SSSR count). The molecule has 33 heavy (non-hydrogen) atoms. The number of aryl methyl sites for hydroxylation is 1. The van der Waals surface area contributed by atoms with E-state index in [1.165, 1.54) is 4.31 Å². The summed E-state index contributed by atoms with van der Waals surface area (Å²) in [6.07, 6.45) is 1.70. The highest BCUT2D eigenvalue weighted by atomic mass is 32.2. The second-order valence-corrected chi connectivity index (χ2v) is 10.4. The van der Waals surface area contributed by atoms with Gasteiger partial charge < -0.3 is 9.84 Å². The van der Waals surface area contributed by atoms with Crippen LogP contribution in [-0.2, 0) is 20.4 Å². The zero-order chi connectivity index (χ0) is 23.7. The minimum Gasteiger partial charge on any atom is -0.380 e. The van der Waals surface area contributed by atoms with Crippen LogP contribution in [-0.4, -0.2) is 30.2 Å². The largest absolute Gasteiger partial charge is 0.380 e. The normalized spacial score (nSPS) is 23.2. The molecule has 3 atom stereocenters. The molecule has 1 saturated heterocycles. The molecule has 1 aliphatic rings. The first-order chi connectivity index (χ1) is 15.7. The van der Waals surface area contributed by atoms with Crippen molar-refractivity contribution < 1.29 is 18.3 Å². The van der Waals surface area contributed by atoms with Crippen LogP contribution >= 0.6 is 0 Å². The quantitative estimate of drug-likeness (QED) is 0.504. The second kappa shape index (κ2) is 8.88. The van der Waals surface area contributed by atoms with Crippen LogP contribution in [0.15, 0.2) is 102 Å². The Hall–Kier alpha value is -2.77. The third-order valence-electron chi connectivity index (χ3n) is 6.45. The van der Waals surface area contributed by atoms with Crippen molar-refractivity contribution >= 4 is 10.0 Å². The summed E-state index contributed by atoms with van der Waals surface area (Å²) in [5, 5.41) is 12.1. The number of ether oxygens (including phenoxy) is 1. The molecule has 1 N–H and O–H groups in total. The fraction of sp³-hybridized carbons (Fsp3) is 0.259. The minimum atomic E-state index is -4.06. The second-order valence-electron chi connectivity index (χ2n) is 8.55. The van der Waals surface area contributed by atoms with E-state index >= 15 is 0 Å². The molecule has 0 bridgehead atoms. The summed E-state index contributed by atoms with van der Waals surface area (Å²) in [6, 6.07) is 24.6. The molecule has 1 aliphatic heterocycles. The molecule has 0 radical (unpaired) electrons. The SMILES string of the molecule is C=CC[C@@](O)(c1ccccc1)[C@]1(C)OC[C@@H](c2ccccc2)N1S(=O)(=O)c1ccc(C)cc1. The van der Waals surface area contributed by atoms with Crippen molar-refractivity contribution in [2.75, 3.05) is 6.61 Å². The van der Waals surface area contributed by atoms with Gasteiger partial charge in [-0.25, -0.2) is 8.42 Å². The Labute approximate surface area is 196 Å². The lowest BCUT2D eigenvalue weighted by molar-refractivity contribution is -0.193. The average Bonchev–Trinajstić information content (AvgIpc) is 3.20. The summed E-state index contributed by atoms with van der Waals surface area (Å²) in [4.78, 5) is 0.153. The monoisotopic (exact) mass is 463 g/mol. The topological polar surface area (TPSA) is 66.8 Å². The smallest absolute Gasteiger partial charge is 0.246 e. The number of benzene rings is 3. The molecule has 0 saturated carbocycles. The summed E-state index contributed by atoms with van der Waals surface area (Å²) in [5.74, 6) is 0. The van der Waals surface area contributed by atoms with Crippen molar-refractivity contribution in [3.8, 4) is 0 Å². The molecule has 0 spiro atoms. The van der Waals surface area contributed by atoms with Crippen LogP contribution in [0.25, 0.3) is 0 Å². The van der Waals surface area contributed by atoms with Crippen LogP contribution in [0.2, 0.25) is 0 Å². The van der Waals surface area contributed by atoms with Gasteiger partial charge in [0, 0.05) is 6.42 Å². The van der Waals surface area contributed by atoms with E-state index in [2.05, 4.69) is 6.58 Å². The number of aliphatic hydroxyl groups is 1. The number of rotatable bonds is 7. The van der Waals surface area contributed by atoms with E-state index in [0.29, 0.717) is 5.56 Å². The van der Waals surface area contributed by atoms with Gasteiger partial charge in [0.25, 0.3) is 0 Å². The molecule has 1 heterocycles. The van der Waals surface area contributed by atoms with Gasteiger partial charge in [0.2, 0.25) is 10.0 Å². The first kappa shape index (κ1) is 23.4. The van der Waals surface area contributed by atoms with Gasteiger partial charge in [0.1, 0.15) is 5.60 Å². The molecule has 0 aliphatic carbocycles. The lowest BCUT2D eigenvalue weighted by Crippen LogP contribution is -2.60. The van der Waals surface area contributed by atoms with Gasteiger partial charge in [-0.2, -0.15) is 4.31 Å². The Bertz CT molecular complexity index is 1210. The van der Waals surface area contributed by atoms with E-state index in [1.54, 1.807) is 49.4 Å². The number of hydrogen-bond acceptors (Lipinski definition) is 4. The zero-order valence-electron chi connectivity index (χ0n) is 18.9. The summed E-state index contributed by atoms with van der Waals surface area (Å²) >= 11 is 0. The van der Waals surface area contributed by atoms with E-state index in [1.807, 2.05) is 55.5 Å². The van der Waals surface area contributed by atoms with Crippen molar-refractivity contribution in [1.29, 1.82) is 0 Å². The molecule has 0 unspecified atom stereocenters. The Morgan fingerprint density at radius 3 is 2.21 bits per heavy atom. The van der Waals surface area contributed by atoms with Crippen molar-refractivity contribution in [2.24, 2.45) is 0 Å². The van der Waals surface area contributed by atoms with Gasteiger partial charge in [-0.05, 0) is 37.1 Å². The van der Waals surface area contributed by atoms with Gasteiger partial charge >= 0.3 is 0 Å². The number of sulfonamides is 1. The molecule has 3 aromatic carbocycles. The standard InChI is InChI=1S/C27H29NO4S/c1-4-19-27(29,23-13-9-6-10-14-23)26(3)28(25(20-32-26)22-11-7-5-8-12-22)33(30,31)24-17-15-21(2)16-18-24/h4-18,25,29H,1,19-20H2,2-3H3/t25-,26-,27+/m0/s1. The van der Waals surface area contributed by atoms with Crippen LogP contribution in [0.3, 0.4) is 0 Å². The van der Waals surface area contributed by atoms with E-state index in [9.17, 15) is 13.5 Å². The fourth-order valence-electron chi connectivity index (χ4n) is 4.60. The zero-order valence-corrected chi connectivity index (χ0v) is 19.7. The third-order valence-corrected chi connectivity index (χ3v) is 8.44. The summed E-state index contributed by atoms with van der Waals surface area (Å²) in [7, 11) is -4.06. The Kier molecular flexibility index (Phi) is 6.29. The van der Waals surface area contributed by atoms with Crippen molar-refractivity contribution in [3.05, 3.63) is 114 Å². The molecule has 172 valence electrons. The van der Waals surface area contributed by atoms with Gasteiger partial charge in [-0.3, -0.25) is 0 Å². The lowest BCUT2D eigenvalue weighted by atomic mass is 9.81. The summed E-state index contributed by atoms with van der Waals surface area (Å²) in [5.41, 5.74) is -0.943. The molecular formula is C27H29NO4S. The molecule has 5 nitrogen and oxygen atoms in total. The summed E-state index contributed by atoms with van der Waals surface area (Å²) < 4.78 is 35.9. The summed E-state index contributed by atoms with van der Waals surface area (Å²) in [6.45, 7) is 7.49. The fourth-order valence-corrected chi connectivity index (χ4v) is 6.48. The van der Waals surface area contributed by atoms with Crippen LogP contribution < -0.4 is 0 Å². The highest BCUT2D eigenvalue weighted by molar-refractivity contribution is 7.89. The van der Waals surface area contributed by atoms with Crippen LogP contribution in [0.5, 0.6) is 0 Å². The molecule has 3 aromatic rings. The first-order valence-electron chi connectivity index (χ1n) is 10.9. The molecular weight excluding hydrogens is 434 g/mol. The maximum absolute atomic E-state index is 14.1. The number of hydrogen-bond donors (Lipinski definition) is 1. The van der Waals surface area contributed by atoms with Crippen molar-refractivity contribution in [3.63, 3.8) is 0 Å². The predicted octanol–water partition coefficient (Wildman–Crippen LogP) is 4.94. The van der Waals surface area contributed by atoms with Gasteiger partial charge in [-0.15, -0.1) is 6.58 Å². The van der Waals surface area contributed by atoms with E-state index in [4.69, 9.17) is 4.74 Å². The molecule has 6 heteroatoms. The average molecular weight is 464 g/mol. The van der Waals surface area contributed by atoms with Gasteiger partial charge in [0.05, 0.1) is 17.5 Å². The van der Waals surface area contributed by atoms with Crippen LogP contribution in [0.4, 0.5) is 0 Å². The first-order valence-corrected chi connectivity index (χ1v) is 12.4. The Morgan fingerprint density at radius 2 is 1.64 bits per heavy atom. The minimum absolute atomic E-state index is 0.106. The Balaban J connectivity index is 1.94. The molecule has 0 aromatic heterocycles. The number of nitrogens with zero attached hydrogens (tertiary/aromatic N) is 1. The maximum atomic E-state index is 14.1. The molecule has 1 fully saturated rings. The maximum Gasteiger partial charge on any atom is 0.246 e. The molecule has 0 amide bonds. The van der Waals surface area contributed by atoms with Gasteiger partial charge in [-0.1, -0.05) is 84.4 Å². The lowest BCUT2D eigenvalue weighted by Gasteiger charge is -2.46. The predicted molar refractivity (Wildman–Crippen MR) is 129 cm³/mol. The van der Waals surface area contributed by atoms with Crippen molar-refractivity contribution in [1.82, 2.24) is 4.31 Å². The van der Waals surface area contributed by atoms with E-state index < -0.39 is 27.4 Å². The van der Waals surface area contributed by atoms with Crippen LogP contribution in [0.1, 0.15) is 36.1 Å². The highest BCUT2D eigenvalue weighted by Crippen LogP contribution is 2.51. The van der Waals surface area contributed by atoms with Crippen LogP contribution in [0, 0.1) is 6.92 Å². The third kappa shape index (κ3) is 3.93. The Morgan fingerprint density at radius 1 is 1.06 bits per heavy atom. The van der Waals surface area contributed by atoms with E-state index in [-0.39, 0.29) is 17.9 Å². The van der Waals surface area contributed by atoms with Gasteiger partial charge in [0.15, 0.2) is 5.72 Å². The van der Waals surface area contributed by atoms with Crippen molar-refractivity contribution in [2.45, 2.75) is 42.5 Å².